The van der Waals surface area contributed by atoms with Crippen LogP contribution in [0.4, 0.5) is 23.7 Å². The van der Waals surface area contributed by atoms with Crippen LogP contribution in [0.3, 0.4) is 0 Å². The Morgan fingerprint density at radius 2 is 1.59 bits per heavy atom. The third kappa shape index (κ3) is 5.73. The van der Waals surface area contributed by atoms with Crippen LogP contribution in [0.2, 0.25) is 10.0 Å². The lowest BCUT2D eigenvalue weighted by Crippen LogP contribution is -2.45. The molecule has 3 aromatic rings. The van der Waals surface area contributed by atoms with Gasteiger partial charge >= 0.3 is 12.4 Å². The van der Waals surface area contributed by atoms with E-state index >= 15 is 0 Å². The fourth-order valence-electron chi connectivity index (χ4n) is 3.06. The Morgan fingerprint density at radius 3 is 2.21 bits per heavy atom. The van der Waals surface area contributed by atoms with Gasteiger partial charge in [0.15, 0.2) is 5.75 Å². The molecular formula is C23H17Cl2F3N2O4. The first-order chi connectivity index (χ1) is 16.0. The van der Waals surface area contributed by atoms with Crippen LogP contribution >= 0.6 is 23.2 Å². The molecule has 3 aromatic carbocycles. The number of hydroxylamine groups is 1. The number of imide groups is 1. The number of hydrogen-bond acceptors (Lipinski definition) is 4. The molecule has 0 atom stereocenters. The molecule has 0 heterocycles. The van der Waals surface area contributed by atoms with Gasteiger partial charge in [0.2, 0.25) is 0 Å². The SMILES string of the molecule is Cc1cc(ONC(=O)N(C(=O)c2ccccc2Cl)c2ccccc2)c(Cl)c(C)c1OC(F)(F)F. The average Bonchev–Trinajstić information content (AvgIpc) is 2.78. The van der Waals surface area contributed by atoms with E-state index in [0.717, 1.165) is 4.90 Å². The summed E-state index contributed by atoms with van der Waals surface area (Å²) in [6.45, 7) is 2.67. The molecule has 0 bridgehead atoms. The zero-order valence-corrected chi connectivity index (χ0v) is 19.3. The lowest BCUT2D eigenvalue weighted by molar-refractivity contribution is -0.275. The fourth-order valence-corrected chi connectivity index (χ4v) is 3.45. The number of carbonyl (C=O) groups is 2. The summed E-state index contributed by atoms with van der Waals surface area (Å²) in [5, 5.41) is -0.0782. The maximum atomic E-state index is 13.1. The zero-order valence-electron chi connectivity index (χ0n) is 17.7. The molecule has 34 heavy (non-hydrogen) atoms. The highest BCUT2D eigenvalue weighted by Gasteiger charge is 2.33. The number of hydrogen-bond donors (Lipinski definition) is 1. The van der Waals surface area contributed by atoms with Crippen molar-refractivity contribution >= 4 is 40.8 Å². The summed E-state index contributed by atoms with van der Waals surface area (Å²) in [6, 6.07) is 14.4. The second-order valence-corrected chi connectivity index (χ2v) is 7.76. The standard InChI is InChI=1S/C23H17Cl2F3N2O4/c1-13-12-18(19(25)14(2)20(13)33-23(26,27)28)34-29-22(32)30(15-8-4-3-5-9-15)21(31)16-10-6-7-11-17(16)24/h3-12H,1-2H3,(H,29,32). The van der Waals surface area contributed by atoms with Crippen molar-refractivity contribution in [1.82, 2.24) is 5.48 Å². The van der Waals surface area contributed by atoms with Crippen molar-refractivity contribution in [3.8, 4) is 11.5 Å². The Bertz CT molecular complexity index is 1220. The number of anilines is 1. The maximum absolute atomic E-state index is 13.1. The molecule has 1 N–H and O–H groups in total. The first kappa shape index (κ1) is 25.2. The van der Waals surface area contributed by atoms with Crippen molar-refractivity contribution in [3.63, 3.8) is 0 Å². The highest BCUT2D eigenvalue weighted by molar-refractivity contribution is 6.36. The van der Waals surface area contributed by atoms with Gasteiger partial charge in [0.25, 0.3) is 5.91 Å². The largest absolute Gasteiger partial charge is 0.573 e. The van der Waals surface area contributed by atoms with Crippen LogP contribution < -0.4 is 20.0 Å². The molecule has 178 valence electrons. The van der Waals surface area contributed by atoms with E-state index < -0.39 is 24.1 Å². The number of carbonyl (C=O) groups excluding carboxylic acids is 2. The monoisotopic (exact) mass is 512 g/mol. The second kappa shape index (κ2) is 10.2. The number of alkyl halides is 3. The third-order valence-corrected chi connectivity index (χ3v) is 5.38. The Morgan fingerprint density at radius 1 is 0.971 bits per heavy atom. The summed E-state index contributed by atoms with van der Waals surface area (Å²) in [5.41, 5.74) is 2.42. The van der Waals surface area contributed by atoms with Gasteiger partial charge in [0.1, 0.15) is 5.75 Å². The Kier molecular flexibility index (Phi) is 7.58. The number of benzene rings is 3. The van der Waals surface area contributed by atoms with Crippen molar-refractivity contribution in [2.45, 2.75) is 20.2 Å². The van der Waals surface area contributed by atoms with E-state index in [-0.39, 0.29) is 38.2 Å². The molecule has 0 saturated heterocycles. The number of nitrogens with zero attached hydrogens (tertiary/aromatic N) is 1. The molecule has 0 spiro atoms. The van der Waals surface area contributed by atoms with Gasteiger partial charge in [-0.05, 0) is 49.7 Å². The summed E-state index contributed by atoms with van der Waals surface area (Å²) < 4.78 is 42.1. The van der Waals surface area contributed by atoms with Gasteiger partial charge in [-0.1, -0.05) is 53.5 Å². The highest BCUT2D eigenvalue weighted by atomic mass is 35.5. The molecule has 11 heteroatoms. The van der Waals surface area contributed by atoms with E-state index in [1.807, 2.05) is 0 Å². The normalized spacial score (nSPS) is 11.0. The smallest absolute Gasteiger partial charge is 0.405 e. The number of halogens is 5. The van der Waals surface area contributed by atoms with Gasteiger partial charge in [-0.3, -0.25) is 4.79 Å². The van der Waals surface area contributed by atoms with E-state index in [0.29, 0.717) is 0 Å². The molecule has 0 unspecified atom stereocenters. The van der Waals surface area contributed by atoms with Crippen molar-refractivity contribution in [1.29, 1.82) is 0 Å². The average molecular weight is 513 g/mol. The minimum atomic E-state index is -4.91. The van der Waals surface area contributed by atoms with Crippen LogP contribution in [0.5, 0.6) is 11.5 Å². The number of amides is 3. The van der Waals surface area contributed by atoms with E-state index in [1.54, 1.807) is 30.3 Å². The number of ether oxygens (including phenoxy) is 1. The molecule has 0 aromatic heterocycles. The lowest BCUT2D eigenvalue weighted by Gasteiger charge is -2.22. The van der Waals surface area contributed by atoms with Crippen molar-refractivity contribution in [3.05, 3.63) is 87.4 Å². The second-order valence-electron chi connectivity index (χ2n) is 6.97. The summed E-state index contributed by atoms with van der Waals surface area (Å²) in [6.07, 6.45) is -4.91. The summed E-state index contributed by atoms with van der Waals surface area (Å²) >= 11 is 12.3. The van der Waals surface area contributed by atoms with E-state index in [9.17, 15) is 22.8 Å². The van der Waals surface area contributed by atoms with E-state index in [1.165, 1.54) is 44.2 Å². The quantitative estimate of drug-likeness (QED) is 0.379. The number of urea groups is 1. The summed E-state index contributed by atoms with van der Waals surface area (Å²) in [5.74, 6) is -1.35. The van der Waals surface area contributed by atoms with Gasteiger partial charge in [-0.15, -0.1) is 13.2 Å². The minimum Gasteiger partial charge on any atom is -0.405 e. The molecule has 0 aliphatic rings. The molecule has 3 rings (SSSR count). The van der Waals surface area contributed by atoms with Crippen LogP contribution in [0.1, 0.15) is 21.5 Å². The topological polar surface area (TPSA) is 67.9 Å². The van der Waals surface area contributed by atoms with Crippen LogP contribution in [0.15, 0.2) is 60.7 Å². The molecule has 6 nitrogen and oxygen atoms in total. The zero-order chi connectivity index (χ0) is 25.0. The molecule has 0 aliphatic carbocycles. The summed E-state index contributed by atoms with van der Waals surface area (Å²) in [4.78, 5) is 32.2. The molecule has 0 saturated carbocycles. The first-order valence-corrected chi connectivity index (χ1v) is 10.4. The Balaban J connectivity index is 1.88. The van der Waals surface area contributed by atoms with Gasteiger partial charge in [-0.25, -0.2) is 9.69 Å². The minimum absolute atomic E-state index is 0.0460. The molecule has 0 fully saturated rings. The molecule has 0 aliphatic heterocycles. The van der Waals surface area contributed by atoms with Crippen LogP contribution in [0.25, 0.3) is 0 Å². The van der Waals surface area contributed by atoms with Gasteiger partial charge in [-0.2, -0.15) is 5.48 Å². The van der Waals surface area contributed by atoms with Gasteiger partial charge < -0.3 is 9.57 Å². The van der Waals surface area contributed by atoms with Crippen LogP contribution in [-0.2, 0) is 0 Å². The van der Waals surface area contributed by atoms with Crippen LogP contribution in [-0.4, -0.2) is 18.3 Å². The molecular weight excluding hydrogens is 496 g/mol. The van der Waals surface area contributed by atoms with Crippen molar-refractivity contribution in [2.24, 2.45) is 0 Å². The first-order valence-electron chi connectivity index (χ1n) is 9.66. The maximum Gasteiger partial charge on any atom is 0.573 e. The number of rotatable bonds is 5. The van der Waals surface area contributed by atoms with Crippen molar-refractivity contribution in [2.75, 3.05) is 4.90 Å². The third-order valence-electron chi connectivity index (χ3n) is 4.58. The van der Waals surface area contributed by atoms with Gasteiger partial charge in [0, 0.05) is 5.56 Å². The van der Waals surface area contributed by atoms with Crippen molar-refractivity contribution < 1.29 is 32.3 Å². The predicted octanol–water partition coefficient (Wildman–Crippen LogP) is 6.86. The number of para-hydroxylation sites is 1. The van der Waals surface area contributed by atoms with Gasteiger partial charge in [0.05, 0.1) is 21.3 Å². The Hall–Kier alpha value is -3.43. The Labute approximate surface area is 202 Å². The number of aryl methyl sites for hydroxylation is 1. The molecule has 3 amide bonds. The van der Waals surface area contributed by atoms with E-state index in [4.69, 9.17) is 28.0 Å². The molecule has 0 radical (unpaired) electrons. The number of nitrogens with one attached hydrogen (secondary N) is 1. The van der Waals surface area contributed by atoms with Crippen LogP contribution in [0, 0.1) is 13.8 Å². The highest BCUT2D eigenvalue weighted by Crippen LogP contribution is 2.39. The predicted molar refractivity (Wildman–Crippen MR) is 121 cm³/mol. The lowest BCUT2D eigenvalue weighted by atomic mass is 10.1. The van der Waals surface area contributed by atoms with E-state index in [2.05, 4.69) is 10.2 Å². The fraction of sp³-hybridized carbons (Fsp3) is 0.130. The summed E-state index contributed by atoms with van der Waals surface area (Å²) in [7, 11) is 0.